The molecule has 4 N–H and O–H groups in total. The molecule has 0 saturated carbocycles. The molecule has 0 radical (unpaired) electrons. The lowest BCUT2D eigenvalue weighted by Gasteiger charge is -2.15. The first-order valence-corrected chi connectivity index (χ1v) is 6.83. The molecule has 0 aliphatic heterocycles. The van der Waals surface area contributed by atoms with Crippen LogP contribution in [-0.2, 0) is 6.42 Å². The van der Waals surface area contributed by atoms with E-state index in [0.717, 1.165) is 22.9 Å². The second-order valence-electron chi connectivity index (χ2n) is 4.53. The van der Waals surface area contributed by atoms with Crippen LogP contribution in [0.2, 0.25) is 0 Å². The van der Waals surface area contributed by atoms with Crippen LogP contribution in [-0.4, -0.2) is 21.4 Å². The number of nitrogens with one attached hydrogen (secondary N) is 1. The van der Waals surface area contributed by atoms with Crippen LogP contribution in [0.3, 0.4) is 0 Å². The van der Waals surface area contributed by atoms with E-state index in [1.54, 1.807) is 0 Å². The van der Waals surface area contributed by atoms with Gasteiger partial charge in [0.2, 0.25) is 0 Å². The van der Waals surface area contributed by atoms with Crippen molar-refractivity contribution in [1.29, 1.82) is 0 Å². The van der Waals surface area contributed by atoms with Crippen molar-refractivity contribution in [1.82, 2.24) is 15.6 Å². The maximum absolute atomic E-state index is 9.14. The van der Waals surface area contributed by atoms with E-state index < -0.39 is 0 Å². The second-order valence-corrected chi connectivity index (χ2v) is 5.44. The number of fused-ring (bicyclic) bond motifs is 1. The van der Waals surface area contributed by atoms with Gasteiger partial charge >= 0.3 is 0 Å². The van der Waals surface area contributed by atoms with E-state index in [-0.39, 0.29) is 23.4 Å². The molecule has 1 aliphatic rings. The molecule has 20 heavy (non-hydrogen) atoms. The van der Waals surface area contributed by atoms with Gasteiger partial charge in [0.15, 0.2) is 17.3 Å². The number of aromatic nitrogens is 2. The van der Waals surface area contributed by atoms with Gasteiger partial charge in [-0.3, -0.25) is 0 Å². The Labute approximate surface area is 122 Å². The predicted octanol–water partition coefficient (Wildman–Crippen LogP) is 1.83. The zero-order chi connectivity index (χ0) is 14.1. The predicted molar refractivity (Wildman–Crippen MR) is 75.4 cm³/mol. The van der Waals surface area contributed by atoms with Crippen LogP contribution in [0.5, 0.6) is 0 Å². The smallest absolute Gasteiger partial charge is 0.199 e. The van der Waals surface area contributed by atoms with Crippen molar-refractivity contribution in [3.8, 4) is 0 Å². The third-order valence-electron chi connectivity index (χ3n) is 3.33. The van der Waals surface area contributed by atoms with E-state index in [1.165, 1.54) is 5.56 Å². The summed E-state index contributed by atoms with van der Waals surface area (Å²) in [6.07, 6.45) is 1.86. The third kappa shape index (κ3) is 2.22. The van der Waals surface area contributed by atoms with E-state index >= 15 is 0 Å². The topological polar surface area (TPSA) is 110 Å². The molecule has 1 atom stereocenters. The number of rotatable bonds is 2. The highest BCUT2D eigenvalue weighted by molar-refractivity contribution is 9.10. The van der Waals surface area contributed by atoms with E-state index in [9.17, 15) is 0 Å². The van der Waals surface area contributed by atoms with Crippen molar-refractivity contribution in [3.05, 3.63) is 39.5 Å². The third-order valence-corrected chi connectivity index (χ3v) is 3.83. The zero-order valence-electron chi connectivity index (χ0n) is 10.4. The van der Waals surface area contributed by atoms with E-state index in [4.69, 9.17) is 10.9 Å². The Hall–Kier alpha value is -2.09. The summed E-state index contributed by atoms with van der Waals surface area (Å²) >= 11 is 3.46. The molecule has 1 aromatic carbocycles. The van der Waals surface area contributed by atoms with Crippen LogP contribution >= 0.6 is 15.9 Å². The van der Waals surface area contributed by atoms with Crippen molar-refractivity contribution in [2.45, 2.75) is 18.9 Å². The number of oxime groups is 1. The fraction of sp³-hybridized carbons (Fsp3) is 0.250. The standard InChI is InChI=1S/C12H12BrN5O2/c13-7-3-1-6-2-4-9(8(6)5-7)15-12(16-19)10-11(14)18-20-17-10/h1,3,5,9,19H,2,4H2,(H2,14,18)(H,15,16). The average molecular weight is 338 g/mol. The Bertz CT molecular complexity index is 670. The number of halogens is 1. The Morgan fingerprint density at radius 2 is 2.35 bits per heavy atom. The molecule has 0 fully saturated rings. The number of nitrogens with two attached hydrogens (primary N) is 1. The maximum Gasteiger partial charge on any atom is 0.199 e. The van der Waals surface area contributed by atoms with Gasteiger partial charge in [-0.1, -0.05) is 27.2 Å². The summed E-state index contributed by atoms with van der Waals surface area (Å²) in [6.45, 7) is 0. The van der Waals surface area contributed by atoms with E-state index in [0.29, 0.717) is 0 Å². The minimum atomic E-state index is 0.0319. The second kappa shape index (κ2) is 5.12. The van der Waals surface area contributed by atoms with Gasteiger partial charge in [-0.2, -0.15) is 0 Å². The number of nitrogen functional groups attached to an aromatic ring is 1. The van der Waals surface area contributed by atoms with Crippen LogP contribution in [0, 0.1) is 0 Å². The van der Waals surface area contributed by atoms with E-state index in [2.05, 4.69) is 53.5 Å². The highest BCUT2D eigenvalue weighted by Crippen LogP contribution is 2.33. The van der Waals surface area contributed by atoms with Gasteiger partial charge in [-0.05, 0) is 46.4 Å². The molecule has 1 unspecified atom stereocenters. The Kier molecular flexibility index (Phi) is 3.31. The Morgan fingerprint density at radius 1 is 1.50 bits per heavy atom. The quantitative estimate of drug-likeness (QED) is 0.334. The summed E-state index contributed by atoms with van der Waals surface area (Å²) in [7, 11) is 0. The molecular weight excluding hydrogens is 326 g/mol. The van der Waals surface area contributed by atoms with Gasteiger partial charge in [0.05, 0.1) is 6.04 Å². The van der Waals surface area contributed by atoms with Crippen molar-refractivity contribution in [2.75, 3.05) is 5.73 Å². The maximum atomic E-state index is 9.14. The van der Waals surface area contributed by atoms with Gasteiger partial charge in [-0.15, -0.1) is 0 Å². The average Bonchev–Trinajstić information content (AvgIpc) is 3.02. The Balaban J connectivity index is 1.87. The van der Waals surface area contributed by atoms with Crippen LogP contribution in [0.25, 0.3) is 0 Å². The molecule has 0 bridgehead atoms. The molecule has 2 aromatic rings. The molecular formula is C12H12BrN5O2. The first kappa shape index (κ1) is 12.9. The summed E-state index contributed by atoms with van der Waals surface area (Å²) in [6, 6.07) is 6.19. The number of hydrogen-bond donors (Lipinski definition) is 3. The van der Waals surface area contributed by atoms with Gasteiger partial charge in [0.25, 0.3) is 0 Å². The van der Waals surface area contributed by atoms with Crippen LogP contribution in [0.15, 0.2) is 32.5 Å². The monoisotopic (exact) mass is 337 g/mol. The van der Waals surface area contributed by atoms with Crippen molar-refractivity contribution < 1.29 is 9.84 Å². The fourth-order valence-electron chi connectivity index (χ4n) is 2.39. The highest BCUT2D eigenvalue weighted by Gasteiger charge is 2.26. The summed E-state index contributed by atoms with van der Waals surface area (Å²) in [4.78, 5) is 0. The fourth-order valence-corrected chi connectivity index (χ4v) is 2.77. The SMILES string of the molecule is Nc1nonc1/C(=N/O)NC1CCc2ccc(Br)cc21. The van der Waals surface area contributed by atoms with Gasteiger partial charge in [0, 0.05) is 4.47 Å². The normalized spacial score (nSPS) is 18.1. The highest BCUT2D eigenvalue weighted by atomic mass is 79.9. The molecule has 0 spiro atoms. The van der Waals surface area contributed by atoms with Crippen LogP contribution in [0.1, 0.15) is 29.3 Å². The van der Waals surface area contributed by atoms with Crippen molar-refractivity contribution in [2.24, 2.45) is 5.16 Å². The lowest BCUT2D eigenvalue weighted by Crippen LogP contribution is -2.29. The first-order chi connectivity index (χ1) is 9.69. The molecule has 1 aliphatic carbocycles. The molecule has 0 saturated heterocycles. The number of hydrogen-bond acceptors (Lipinski definition) is 6. The molecule has 1 heterocycles. The first-order valence-electron chi connectivity index (χ1n) is 6.04. The molecule has 8 heteroatoms. The van der Waals surface area contributed by atoms with Gasteiger partial charge < -0.3 is 16.3 Å². The minimum Gasteiger partial charge on any atom is -0.409 e. The van der Waals surface area contributed by atoms with Crippen molar-refractivity contribution in [3.63, 3.8) is 0 Å². The number of amidine groups is 1. The molecule has 3 rings (SSSR count). The number of anilines is 1. The number of aryl methyl sites for hydroxylation is 1. The minimum absolute atomic E-state index is 0.0319. The molecule has 1 aromatic heterocycles. The molecule has 104 valence electrons. The summed E-state index contributed by atoms with van der Waals surface area (Å²) in [5.41, 5.74) is 8.24. The molecule has 0 amide bonds. The summed E-state index contributed by atoms with van der Waals surface area (Å²) in [5, 5.41) is 22.6. The van der Waals surface area contributed by atoms with E-state index in [1.807, 2.05) is 6.07 Å². The van der Waals surface area contributed by atoms with Crippen LogP contribution < -0.4 is 11.1 Å². The summed E-state index contributed by atoms with van der Waals surface area (Å²) < 4.78 is 5.53. The number of nitrogens with zero attached hydrogens (tertiary/aromatic N) is 3. The number of benzene rings is 1. The van der Waals surface area contributed by atoms with Crippen LogP contribution in [0.4, 0.5) is 5.82 Å². The van der Waals surface area contributed by atoms with Gasteiger partial charge in [-0.25, -0.2) is 4.63 Å². The largest absolute Gasteiger partial charge is 0.409 e. The lowest BCUT2D eigenvalue weighted by molar-refractivity contribution is 0.303. The Morgan fingerprint density at radius 3 is 3.05 bits per heavy atom. The zero-order valence-corrected chi connectivity index (χ0v) is 12.0. The van der Waals surface area contributed by atoms with Gasteiger partial charge in [0.1, 0.15) is 0 Å². The van der Waals surface area contributed by atoms with Crippen molar-refractivity contribution >= 4 is 27.6 Å². The molecule has 7 nitrogen and oxygen atoms in total. The lowest BCUT2D eigenvalue weighted by atomic mass is 10.1. The summed E-state index contributed by atoms with van der Waals surface area (Å²) in [5.74, 6) is 0.235.